The molecule has 0 aliphatic rings. The summed E-state index contributed by atoms with van der Waals surface area (Å²) in [5.41, 5.74) is 13.6. The van der Waals surface area contributed by atoms with Crippen LogP contribution in [-0.2, 0) is 6.42 Å². The van der Waals surface area contributed by atoms with Crippen LogP contribution in [0.1, 0.15) is 25.3 Å². The Bertz CT molecular complexity index is 241. The fourth-order valence-electron chi connectivity index (χ4n) is 1.24. The number of rotatable bonds is 4. The van der Waals surface area contributed by atoms with Crippen molar-refractivity contribution in [2.45, 2.75) is 32.2 Å². The third-order valence-electron chi connectivity index (χ3n) is 2.31. The summed E-state index contributed by atoms with van der Waals surface area (Å²) < 4.78 is 0. The second-order valence-electron chi connectivity index (χ2n) is 3.45. The highest BCUT2D eigenvalue weighted by molar-refractivity contribution is 5.39. The van der Waals surface area contributed by atoms with E-state index in [1.54, 1.807) is 0 Å². The van der Waals surface area contributed by atoms with Crippen LogP contribution in [0.4, 0.5) is 5.69 Å². The molecule has 0 spiro atoms. The highest BCUT2D eigenvalue weighted by atomic mass is 14.6. The molecular formula is C11H18N2. The second-order valence-corrected chi connectivity index (χ2v) is 3.45. The predicted octanol–water partition coefficient (Wildman–Crippen LogP) is 1.94. The van der Waals surface area contributed by atoms with Crippen LogP contribution in [0.5, 0.6) is 0 Å². The van der Waals surface area contributed by atoms with Crippen molar-refractivity contribution in [1.29, 1.82) is 0 Å². The number of hydrogen-bond acceptors (Lipinski definition) is 2. The Labute approximate surface area is 79.9 Å². The molecule has 1 aromatic rings. The van der Waals surface area contributed by atoms with Gasteiger partial charge in [-0.2, -0.15) is 0 Å². The van der Waals surface area contributed by atoms with Crippen LogP contribution in [0.15, 0.2) is 24.3 Å². The van der Waals surface area contributed by atoms with Crippen molar-refractivity contribution in [3.63, 3.8) is 0 Å². The Balaban J connectivity index is 2.41. The molecule has 4 N–H and O–H groups in total. The maximum atomic E-state index is 5.83. The third kappa shape index (κ3) is 3.47. The zero-order valence-corrected chi connectivity index (χ0v) is 8.16. The van der Waals surface area contributed by atoms with Crippen LogP contribution in [0.2, 0.25) is 0 Å². The van der Waals surface area contributed by atoms with E-state index >= 15 is 0 Å². The zero-order valence-electron chi connectivity index (χ0n) is 8.16. The van der Waals surface area contributed by atoms with Gasteiger partial charge < -0.3 is 11.5 Å². The summed E-state index contributed by atoms with van der Waals surface area (Å²) >= 11 is 0. The molecule has 1 aromatic carbocycles. The minimum absolute atomic E-state index is 0.331. The minimum atomic E-state index is 0.331. The summed E-state index contributed by atoms with van der Waals surface area (Å²) in [7, 11) is 0. The number of nitrogen functional groups attached to an aromatic ring is 1. The van der Waals surface area contributed by atoms with E-state index in [1.807, 2.05) is 12.1 Å². The summed E-state index contributed by atoms with van der Waals surface area (Å²) in [6, 6.07) is 8.34. The van der Waals surface area contributed by atoms with E-state index in [0.717, 1.165) is 24.9 Å². The molecule has 1 rings (SSSR count). The lowest BCUT2D eigenvalue weighted by molar-refractivity contribution is 0.596. The molecule has 0 radical (unpaired) electrons. The number of benzene rings is 1. The third-order valence-corrected chi connectivity index (χ3v) is 2.31. The van der Waals surface area contributed by atoms with Gasteiger partial charge in [0.1, 0.15) is 0 Å². The molecule has 0 aliphatic heterocycles. The summed E-state index contributed by atoms with van der Waals surface area (Å²) in [4.78, 5) is 0. The molecule has 0 heterocycles. The van der Waals surface area contributed by atoms with Crippen LogP contribution in [-0.4, -0.2) is 6.04 Å². The van der Waals surface area contributed by atoms with Crippen molar-refractivity contribution in [3.8, 4) is 0 Å². The summed E-state index contributed by atoms with van der Waals surface area (Å²) in [5, 5.41) is 0. The standard InChI is InChI=1S/C11H18N2/c1-2-10(12)6-3-9-4-7-11(13)8-5-9/h4-5,7-8,10H,2-3,6,12-13H2,1H3. The highest BCUT2D eigenvalue weighted by Gasteiger charge is 1.99. The van der Waals surface area contributed by atoms with Gasteiger partial charge in [0.2, 0.25) is 0 Å². The molecule has 0 aliphatic carbocycles. The van der Waals surface area contributed by atoms with Gasteiger partial charge in [0.15, 0.2) is 0 Å². The zero-order chi connectivity index (χ0) is 9.68. The minimum Gasteiger partial charge on any atom is -0.399 e. The topological polar surface area (TPSA) is 52.0 Å². The monoisotopic (exact) mass is 178 g/mol. The van der Waals surface area contributed by atoms with E-state index in [2.05, 4.69) is 19.1 Å². The van der Waals surface area contributed by atoms with Gasteiger partial charge in [-0.1, -0.05) is 19.1 Å². The van der Waals surface area contributed by atoms with Gasteiger partial charge in [0.05, 0.1) is 0 Å². The Hall–Kier alpha value is -1.02. The highest BCUT2D eigenvalue weighted by Crippen LogP contribution is 2.09. The molecule has 1 atom stereocenters. The number of aryl methyl sites for hydroxylation is 1. The molecule has 0 saturated carbocycles. The van der Waals surface area contributed by atoms with Gasteiger partial charge in [0, 0.05) is 11.7 Å². The van der Waals surface area contributed by atoms with Crippen molar-refractivity contribution in [2.75, 3.05) is 5.73 Å². The quantitative estimate of drug-likeness (QED) is 0.692. The van der Waals surface area contributed by atoms with E-state index in [1.165, 1.54) is 5.56 Å². The molecule has 0 fully saturated rings. The van der Waals surface area contributed by atoms with Gasteiger partial charge in [0.25, 0.3) is 0 Å². The Morgan fingerprint density at radius 3 is 2.38 bits per heavy atom. The first kappa shape index (κ1) is 10.1. The lowest BCUT2D eigenvalue weighted by atomic mass is 10.0. The molecule has 1 unspecified atom stereocenters. The molecule has 2 nitrogen and oxygen atoms in total. The van der Waals surface area contributed by atoms with Crippen LogP contribution < -0.4 is 11.5 Å². The maximum absolute atomic E-state index is 5.83. The van der Waals surface area contributed by atoms with Crippen LogP contribution in [0, 0.1) is 0 Å². The van der Waals surface area contributed by atoms with Gasteiger partial charge >= 0.3 is 0 Å². The molecule has 72 valence electrons. The van der Waals surface area contributed by atoms with E-state index in [9.17, 15) is 0 Å². The summed E-state index contributed by atoms with van der Waals surface area (Å²) in [5.74, 6) is 0. The number of nitrogens with two attached hydrogens (primary N) is 2. The number of hydrogen-bond donors (Lipinski definition) is 2. The molecule has 0 aromatic heterocycles. The van der Waals surface area contributed by atoms with E-state index in [0.29, 0.717) is 6.04 Å². The number of anilines is 1. The first-order chi connectivity index (χ1) is 6.22. The first-order valence-electron chi connectivity index (χ1n) is 4.82. The normalized spacial score (nSPS) is 12.8. The fourth-order valence-corrected chi connectivity index (χ4v) is 1.24. The molecule has 0 saturated heterocycles. The lowest BCUT2D eigenvalue weighted by Gasteiger charge is -2.07. The molecule has 2 heteroatoms. The summed E-state index contributed by atoms with van der Waals surface area (Å²) in [6.45, 7) is 2.12. The average Bonchev–Trinajstić information content (AvgIpc) is 2.16. The maximum Gasteiger partial charge on any atom is 0.0314 e. The predicted molar refractivity (Wildman–Crippen MR) is 57.4 cm³/mol. The molecule has 0 amide bonds. The summed E-state index contributed by atoms with van der Waals surface area (Å²) in [6.07, 6.45) is 3.16. The Morgan fingerprint density at radius 2 is 1.85 bits per heavy atom. The fraction of sp³-hybridized carbons (Fsp3) is 0.455. The van der Waals surface area contributed by atoms with E-state index in [-0.39, 0.29) is 0 Å². The van der Waals surface area contributed by atoms with Gasteiger partial charge in [-0.05, 0) is 37.0 Å². The van der Waals surface area contributed by atoms with Crippen LogP contribution in [0.3, 0.4) is 0 Å². The first-order valence-corrected chi connectivity index (χ1v) is 4.82. The van der Waals surface area contributed by atoms with Crippen molar-refractivity contribution < 1.29 is 0 Å². The molecule has 13 heavy (non-hydrogen) atoms. The van der Waals surface area contributed by atoms with Crippen molar-refractivity contribution in [2.24, 2.45) is 5.73 Å². The largest absolute Gasteiger partial charge is 0.399 e. The van der Waals surface area contributed by atoms with Gasteiger partial charge in [-0.25, -0.2) is 0 Å². The molecule has 0 bridgehead atoms. The SMILES string of the molecule is CCC(N)CCc1ccc(N)cc1. The average molecular weight is 178 g/mol. The smallest absolute Gasteiger partial charge is 0.0314 e. The Kier molecular flexibility index (Phi) is 3.77. The Morgan fingerprint density at radius 1 is 1.23 bits per heavy atom. The van der Waals surface area contributed by atoms with Crippen molar-refractivity contribution in [1.82, 2.24) is 0 Å². The van der Waals surface area contributed by atoms with E-state index in [4.69, 9.17) is 11.5 Å². The molecular weight excluding hydrogens is 160 g/mol. The van der Waals surface area contributed by atoms with E-state index < -0.39 is 0 Å². The lowest BCUT2D eigenvalue weighted by Crippen LogP contribution is -2.19. The van der Waals surface area contributed by atoms with Crippen LogP contribution in [0.25, 0.3) is 0 Å². The van der Waals surface area contributed by atoms with Crippen LogP contribution >= 0.6 is 0 Å². The van der Waals surface area contributed by atoms with Crippen molar-refractivity contribution >= 4 is 5.69 Å². The van der Waals surface area contributed by atoms with Gasteiger partial charge in [-0.3, -0.25) is 0 Å². The second kappa shape index (κ2) is 4.87. The van der Waals surface area contributed by atoms with Gasteiger partial charge in [-0.15, -0.1) is 0 Å². The van der Waals surface area contributed by atoms with Crippen molar-refractivity contribution in [3.05, 3.63) is 29.8 Å².